The van der Waals surface area contributed by atoms with Crippen LogP contribution in [0.25, 0.3) is 0 Å². The predicted molar refractivity (Wildman–Crippen MR) is 123 cm³/mol. The van der Waals surface area contributed by atoms with Crippen LogP contribution in [0.5, 0.6) is 0 Å². The lowest BCUT2D eigenvalue weighted by Crippen LogP contribution is -2.64. The number of rotatable bonds is 8. The number of carbonyl (C=O) groups is 2. The molecule has 1 aromatic rings. The Morgan fingerprint density at radius 3 is 2.35 bits per heavy atom. The van der Waals surface area contributed by atoms with E-state index in [1.54, 1.807) is 0 Å². The molecule has 5 nitrogen and oxygen atoms in total. The second-order valence-corrected chi connectivity index (χ2v) is 10.7. The normalized spacial score (nSPS) is 32.6. The van der Waals surface area contributed by atoms with Crippen molar-refractivity contribution in [2.75, 3.05) is 6.54 Å². The van der Waals surface area contributed by atoms with Gasteiger partial charge in [0.1, 0.15) is 6.04 Å². The first-order valence-corrected chi connectivity index (χ1v) is 12.1. The van der Waals surface area contributed by atoms with Crippen molar-refractivity contribution < 1.29 is 9.59 Å². The lowest BCUT2D eigenvalue weighted by molar-refractivity contribution is -0.148. The Hall–Kier alpha value is -1.88. The minimum atomic E-state index is -0.602. The number of nitrogens with one attached hydrogen (secondary N) is 1. The number of nitrogens with two attached hydrogens (primary N) is 1. The summed E-state index contributed by atoms with van der Waals surface area (Å²) in [6.45, 7) is 10.6. The van der Waals surface area contributed by atoms with Crippen molar-refractivity contribution in [2.24, 2.45) is 34.8 Å². The van der Waals surface area contributed by atoms with Gasteiger partial charge in [-0.2, -0.15) is 0 Å². The molecule has 3 N–H and O–H groups in total. The lowest BCUT2D eigenvalue weighted by atomic mass is 9.55. The summed E-state index contributed by atoms with van der Waals surface area (Å²) < 4.78 is 0. The molecular weight excluding hydrogens is 386 g/mol. The van der Waals surface area contributed by atoms with E-state index in [9.17, 15) is 9.59 Å². The van der Waals surface area contributed by atoms with E-state index in [-0.39, 0.29) is 29.7 Å². The molecule has 170 valence electrons. The van der Waals surface area contributed by atoms with E-state index in [0.29, 0.717) is 23.8 Å². The third-order valence-electron chi connectivity index (χ3n) is 8.44. The van der Waals surface area contributed by atoms with Crippen LogP contribution in [0.3, 0.4) is 0 Å². The Kier molecular flexibility index (Phi) is 5.93. The standard InChI is InChI=1S/C26H39N3O2/c1-6-29(25(31)22(16(4)5)28-24(30)21(27)15(2)3)23-19-13-12-18-14-26(18,19)20(23)17-10-8-7-9-11-17/h7-11,15-16,18-23H,6,12-14,27H2,1-5H3,(H,28,30)/t18?,19?,20?,21-,22-,23?,26?/m0/s1. The summed E-state index contributed by atoms with van der Waals surface area (Å²) in [6.07, 6.45) is 3.83. The van der Waals surface area contributed by atoms with Crippen molar-refractivity contribution in [1.82, 2.24) is 10.2 Å². The fourth-order valence-corrected chi connectivity index (χ4v) is 6.70. The van der Waals surface area contributed by atoms with E-state index < -0.39 is 12.1 Å². The number of nitrogens with zero attached hydrogens (tertiary/aromatic N) is 1. The summed E-state index contributed by atoms with van der Waals surface area (Å²) in [4.78, 5) is 28.6. The van der Waals surface area contributed by atoms with Gasteiger partial charge in [0, 0.05) is 18.5 Å². The molecule has 2 amide bonds. The predicted octanol–water partition coefficient (Wildman–Crippen LogP) is 3.54. The van der Waals surface area contributed by atoms with E-state index in [1.807, 2.05) is 27.7 Å². The third-order valence-corrected chi connectivity index (χ3v) is 8.44. The molecule has 3 saturated carbocycles. The Bertz CT molecular complexity index is 823. The van der Waals surface area contributed by atoms with Gasteiger partial charge in [-0.3, -0.25) is 9.59 Å². The van der Waals surface area contributed by atoms with Crippen LogP contribution < -0.4 is 11.1 Å². The maximum Gasteiger partial charge on any atom is 0.245 e. The number of likely N-dealkylation sites (N-methyl/N-ethyl adjacent to an activating group) is 1. The van der Waals surface area contributed by atoms with Gasteiger partial charge < -0.3 is 16.0 Å². The SMILES string of the molecule is CCN(C(=O)[C@@H](NC(=O)[C@@H](N)C(C)C)C(C)C)C1C2CCC3CC32C1c1ccccc1. The highest BCUT2D eigenvalue weighted by atomic mass is 16.2. The zero-order valence-corrected chi connectivity index (χ0v) is 19.7. The van der Waals surface area contributed by atoms with Gasteiger partial charge in [0.05, 0.1) is 6.04 Å². The molecule has 1 aromatic carbocycles. The zero-order chi connectivity index (χ0) is 22.5. The van der Waals surface area contributed by atoms with Gasteiger partial charge in [-0.05, 0) is 60.8 Å². The Morgan fingerprint density at radius 2 is 1.81 bits per heavy atom. The van der Waals surface area contributed by atoms with Crippen LogP contribution in [-0.4, -0.2) is 41.4 Å². The minimum Gasteiger partial charge on any atom is -0.343 e. The van der Waals surface area contributed by atoms with Crippen molar-refractivity contribution in [3.63, 3.8) is 0 Å². The first-order chi connectivity index (χ1) is 14.7. The fourth-order valence-electron chi connectivity index (χ4n) is 6.70. The molecule has 7 atom stereocenters. The van der Waals surface area contributed by atoms with Crippen LogP contribution in [0, 0.1) is 29.1 Å². The maximum atomic E-state index is 13.8. The monoisotopic (exact) mass is 425 g/mol. The van der Waals surface area contributed by atoms with Gasteiger partial charge in [0.25, 0.3) is 0 Å². The third kappa shape index (κ3) is 3.49. The molecule has 5 heteroatoms. The van der Waals surface area contributed by atoms with E-state index in [0.717, 1.165) is 5.92 Å². The molecule has 4 rings (SSSR count). The highest BCUT2D eigenvalue weighted by Crippen LogP contribution is 2.81. The van der Waals surface area contributed by atoms with Gasteiger partial charge in [0.15, 0.2) is 0 Å². The Balaban J connectivity index is 1.59. The van der Waals surface area contributed by atoms with Gasteiger partial charge >= 0.3 is 0 Å². The molecule has 0 saturated heterocycles. The molecule has 0 heterocycles. The van der Waals surface area contributed by atoms with Crippen LogP contribution in [0.2, 0.25) is 0 Å². The van der Waals surface area contributed by atoms with Crippen molar-refractivity contribution >= 4 is 11.8 Å². The first-order valence-electron chi connectivity index (χ1n) is 12.1. The van der Waals surface area contributed by atoms with E-state index in [4.69, 9.17) is 5.73 Å². The average Bonchev–Trinajstić information content (AvgIpc) is 3.41. The molecule has 3 aliphatic rings. The highest BCUT2D eigenvalue weighted by Gasteiger charge is 2.77. The van der Waals surface area contributed by atoms with Gasteiger partial charge in [-0.15, -0.1) is 0 Å². The van der Waals surface area contributed by atoms with E-state index >= 15 is 0 Å². The summed E-state index contributed by atoms with van der Waals surface area (Å²) in [5.74, 6) is 1.69. The number of carbonyl (C=O) groups excluding carboxylic acids is 2. The van der Waals surface area contributed by atoms with Gasteiger partial charge in [-0.1, -0.05) is 58.0 Å². The minimum absolute atomic E-state index is 0.00586. The van der Waals surface area contributed by atoms with Crippen LogP contribution in [0.4, 0.5) is 0 Å². The molecule has 0 aromatic heterocycles. The fraction of sp³-hybridized carbons (Fsp3) is 0.692. The largest absolute Gasteiger partial charge is 0.343 e. The van der Waals surface area contributed by atoms with Crippen molar-refractivity contribution in [3.05, 3.63) is 35.9 Å². The molecule has 0 aliphatic heterocycles. The highest BCUT2D eigenvalue weighted by molar-refractivity contribution is 5.90. The summed E-state index contributed by atoms with van der Waals surface area (Å²) >= 11 is 0. The number of amides is 2. The van der Waals surface area contributed by atoms with E-state index in [2.05, 4.69) is 47.5 Å². The van der Waals surface area contributed by atoms with E-state index in [1.165, 1.54) is 24.8 Å². The van der Waals surface area contributed by atoms with Crippen molar-refractivity contribution in [2.45, 2.75) is 77.9 Å². The molecule has 3 aliphatic carbocycles. The quantitative estimate of drug-likeness (QED) is 0.669. The second kappa shape index (κ2) is 8.23. The summed E-state index contributed by atoms with van der Waals surface area (Å²) in [5, 5.41) is 2.99. The van der Waals surface area contributed by atoms with Crippen LogP contribution in [0.1, 0.15) is 65.4 Å². The van der Waals surface area contributed by atoms with Crippen molar-refractivity contribution in [3.8, 4) is 0 Å². The Labute approximate surface area is 187 Å². The number of benzene rings is 1. The lowest BCUT2D eigenvalue weighted by Gasteiger charge is -2.57. The molecule has 5 unspecified atom stereocenters. The van der Waals surface area contributed by atoms with Crippen LogP contribution in [-0.2, 0) is 9.59 Å². The smallest absolute Gasteiger partial charge is 0.245 e. The zero-order valence-electron chi connectivity index (χ0n) is 19.7. The summed E-state index contributed by atoms with van der Waals surface area (Å²) in [7, 11) is 0. The van der Waals surface area contributed by atoms with Gasteiger partial charge in [-0.25, -0.2) is 0 Å². The summed E-state index contributed by atoms with van der Waals surface area (Å²) in [6, 6.07) is 9.85. The van der Waals surface area contributed by atoms with Crippen LogP contribution in [0.15, 0.2) is 30.3 Å². The maximum absolute atomic E-state index is 13.8. The number of hydrogen-bond donors (Lipinski definition) is 2. The molecule has 1 spiro atoms. The van der Waals surface area contributed by atoms with Crippen LogP contribution >= 0.6 is 0 Å². The second-order valence-electron chi connectivity index (χ2n) is 10.7. The molecule has 0 radical (unpaired) electrons. The Morgan fingerprint density at radius 1 is 1.13 bits per heavy atom. The van der Waals surface area contributed by atoms with Gasteiger partial charge in [0.2, 0.25) is 11.8 Å². The van der Waals surface area contributed by atoms with Crippen molar-refractivity contribution in [1.29, 1.82) is 0 Å². The molecule has 31 heavy (non-hydrogen) atoms. The summed E-state index contributed by atoms with van der Waals surface area (Å²) in [5.41, 5.74) is 7.85. The molecular formula is C26H39N3O2. The number of hydrogen-bond acceptors (Lipinski definition) is 3. The molecule has 3 fully saturated rings. The first kappa shape index (κ1) is 22.3. The topological polar surface area (TPSA) is 75.4 Å². The molecule has 0 bridgehead atoms. The average molecular weight is 426 g/mol.